The summed E-state index contributed by atoms with van der Waals surface area (Å²) >= 11 is 6.57. The lowest BCUT2D eigenvalue weighted by Crippen LogP contribution is -2.28. The van der Waals surface area contributed by atoms with Crippen LogP contribution in [0.2, 0.25) is 5.15 Å². The maximum absolute atomic E-state index is 12.2. The van der Waals surface area contributed by atoms with Gasteiger partial charge in [0.05, 0.1) is 23.0 Å². The van der Waals surface area contributed by atoms with Crippen molar-refractivity contribution in [1.82, 2.24) is 24.6 Å². The third-order valence-electron chi connectivity index (χ3n) is 5.75. The van der Waals surface area contributed by atoms with E-state index in [0.717, 1.165) is 22.2 Å². The summed E-state index contributed by atoms with van der Waals surface area (Å²) in [4.78, 5) is 23.7. The van der Waals surface area contributed by atoms with E-state index in [1.807, 2.05) is 62.0 Å². The third-order valence-corrected chi connectivity index (χ3v) is 6.05. The Morgan fingerprint density at radius 1 is 1.22 bits per heavy atom. The van der Waals surface area contributed by atoms with Crippen LogP contribution in [0.5, 0.6) is 0 Å². The Kier molecular flexibility index (Phi) is 4.95. The topological polar surface area (TPSA) is 84.1 Å². The second-order valence-corrected chi connectivity index (χ2v) is 8.80. The quantitative estimate of drug-likeness (QED) is 0.450. The van der Waals surface area contributed by atoms with Crippen LogP contribution in [-0.4, -0.2) is 49.3 Å². The number of fused-ring (bicyclic) bond motifs is 3. The predicted molar refractivity (Wildman–Crippen MR) is 126 cm³/mol. The first-order valence-corrected chi connectivity index (χ1v) is 10.8. The number of carboxylic acid groups (broad SMARTS) is 1. The minimum Gasteiger partial charge on any atom is -0.478 e. The van der Waals surface area contributed by atoms with Crippen molar-refractivity contribution >= 4 is 51.2 Å². The van der Waals surface area contributed by atoms with Crippen LogP contribution in [-0.2, 0) is 6.54 Å². The molecule has 0 saturated carbocycles. The Morgan fingerprint density at radius 3 is 2.75 bits per heavy atom. The average molecular weight is 448 g/mol. The normalized spacial score (nSPS) is 15.7. The zero-order valence-corrected chi connectivity index (χ0v) is 18.8. The number of benzene rings is 1. The molecular weight excluding hydrogens is 426 g/mol. The molecule has 0 atom stereocenters. The van der Waals surface area contributed by atoms with Crippen LogP contribution in [0.25, 0.3) is 33.6 Å². The monoisotopic (exact) mass is 447 g/mol. The van der Waals surface area contributed by atoms with Crippen LogP contribution in [0, 0.1) is 0 Å². The summed E-state index contributed by atoms with van der Waals surface area (Å²) < 4.78 is 1.84. The fourth-order valence-corrected chi connectivity index (χ4v) is 4.55. The van der Waals surface area contributed by atoms with Crippen LogP contribution in [0.1, 0.15) is 47.1 Å². The maximum Gasteiger partial charge on any atom is 0.336 e. The molecule has 0 amide bonds. The fraction of sp³-hybridized carbons (Fsp3) is 0.250. The van der Waals surface area contributed by atoms with Crippen molar-refractivity contribution in [3.05, 3.63) is 64.1 Å². The molecule has 0 spiro atoms. The molecule has 1 aliphatic rings. The van der Waals surface area contributed by atoms with Crippen molar-refractivity contribution in [2.45, 2.75) is 26.4 Å². The van der Waals surface area contributed by atoms with Crippen molar-refractivity contribution in [3.8, 4) is 0 Å². The minimum atomic E-state index is -0.947. The number of hydrogen-bond donors (Lipinski definition) is 1. The first kappa shape index (κ1) is 20.6. The highest BCUT2D eigenvalue weighted by atomic mass is 35.5. The van der Waals surface area contributed by atoms with Gasteiger partial charge >= 0.3 is 5.97 Å². The van der Waals surface area contributed by atoms with Gasteiger partial charge in [0.1, 0.15) is 5.15 Å². The van der Waals surface area contributed by atoms with E-state index in [2.05, 4.69) is 15.0 Å². The molecule has 1 N–H and O–H groups in total. The van der Waals surface area contributed by atoms with Gasteiger partial charge in [0.25, 0.3) is 0 Å². The van der Waals surface area contributed by atoms with Crippen LogP contribution in [0.4, 0.5) is 0 Å². The number of aromatic nitrogens is 4. The van der Waals surface area contributed by atoms with Crippen LogP contribution in [0.3, 0.4) is 0 Å². The summed E-state index contributed by atoms with van der Waals surface area (Å²) in [6.45, 7) is 5.22. The molecule has 0 saturated heterocycles. The summed E-state index contributed by atoms with van der Waals surface area (Å²) in [5.41, 5.74) is 4.79. The summed E-state index contributed by atoms with van der Waals surface area (Å²) in [7, 11) is 1.97. The van der Waals surface area contributed by atoms with Crippen LogP contribution < -0.4 is 0 Å². The predicted octanol–water partition coefficient (Wildman–Crippen LogP) is 4.90. The lowest BCUT2D eigenvalue weighted by Gasteiger charge is -2.28. The second-order valence-electron chi connectivity index (χ2n) is 8.44. The molecule has 0 bridgehead atoms. The fourth-order valence-electron chi connectivity index (χ4n) is 4.36. The van der Waals surface area contributed by atoms with Gasteiger partial charge in [-0.15, -0.1) is 0 Å². The third kappa shape index (κ3) is 3.34. The molecule has 7 nitrogen and oxygen atoms in total. The smallest absolute Gasteiger partial charge is 0.336 e. The molecule has 1 aliphatic heterocycles. The molecule has 0 radical (unpaired) electrons. The van der Waals surface area contributed by atoms with Crippen LogP contribution in [0.15, 0.2) is 36.5 Å². The highest BCUT2D eigenvalue weighted by molar-refractivity contribution is 6.31. The summed E-state index contributed by atoms with van der Waals surface area (Å²) in [5, 5.41) is 16.4. The molecule has 0 fully saturated rings. The van der Waals surface area contributed by atoms with Crippen molar-refractivity contribution in [3.63, 3.8) is 0 Å². The number of hydrogen-bond acceptors (Lipinski definition) is 5. The Balaban J connectivity index is 1.73. The summed E-state index contributed by atoms with van der Waals surface area (Å²) in [6, 6.07) is 9.50. The van der Waals surface area contributed by atoms with E-state index in [1.54, 1.807) is 6.20 Å². The van der Waals surface area contributed by atoms with Crippen molar-refractivity contribution in [2.75, 3.05) is 13.6 Å². The van der Waals surface area contributed by atoms with Gasteiger partial charge in [-0.1, -0.05) is 29.8 Å². The average Bonchev–Trinajstić information content (AvgIpc) is 3.15. The summed E-state index contributed by atoms with van der Waals surface area (Å²) in [6.07, 6.45) is 3.75. The van der Waals surface area contributed by atoms with E-state index in [1.165, 1.54) is 0 Å². The molecule has 0 aliphatic carbocycles. The van der Waals surface area contributed by atoms with Gasteiger partial charge in [-0.25, -0.2) is 19.4 Å². The largest absolute Gasteiger partial charge is 0.478 e. The number of pyridine rings is 2. The molecule has 8 heteroatoms. The Labute approximate surface area is 190 Å². The zero-order valence-electron chi connectivity index (χ0n) is 18.0. The van der Waals surface area contributed by atoms with Gasteiger partial charge in [0, 0.05) is 41.0 Å². The van der Waals surface area contributed by atoms with Gasteiger partial charge in [0.15, 0.2) is 5.65 Å². The number of carbonyl (C=O) groups is 1. The number of nitrogens with zero attached hydrogens (tertiary/aromatic N) is 5. The molecule has 4 heterocycles. The standard InChI is InChI=1S/C24H22ClN5O2/c1-13(2)30-23-15(10-26-30)8-14(22(25)28-23)9-16-11-29(3)12-18-20(24(31)32)17-6-4-5-7-19(17)27-21(16)18/h4-10,13H,11-12H2,1-3H3,(H,31,32)/b16-9+. The number of carboxylic acids is 1. The van der Waals surface area contributed by atoms with Crippen LogP contribution >= 0.6 is 11.6 Å². The van der Waals surface area contributed by atoms with Gasteiger partial charge < -0.3 is 5.11 Å². The molecule has 4 aromatic rings. The number of aromatic carboxylic acids is 1. The highest BCUT2D eigenvalue weighted by Gasteiger charge is 2.27. The van der Waals surface area contributed by atoms with Crippen molar-refractivity contribution in [1.29, 1.82) is 0 Å². The van der Waals surface area contributed by atoms with Gasteiger partial charge in [-0.05, 0) is 44.7 Å². The maximum atomic E-state index is 12.2. The Hall–Kier alpha value is -3.29. The molecule has 3 aromatic heterocycles. The van der Waals surface area contributed by atoms with Crippen molar-refractivity contribution < 1.29 is 9.90 Å². The van der Waals surface area contributed by atoms with Gasteiger partial charge in [0.2, 0.25) is 0 Å². The first-order chi connectivity index (χ1) is 15.3. The number of likely N-dealkylation sites (N-methyl/N-ethyl adjacent to an activating group) is 1. The van der Waals surface area contributed by atoms with Crippen molar-refractivity contribution in [2.24, 2.45) is 0 Å². The van der Waals surface area contributed by atoms with E-state index in [-0.39, 0.29) is 6.04 Å². The lowest BCUT2D eigenvalue weighted by molar-refractivity contribution is 0.0696. The number of rotatable bonds is 3. The van der Waals surface area contributed by atoms with E-state index in [0.29, 0.717) is 46.0 Å². The number of para-hydroxylation sites is 1. The van der Waals surface area contributed by atoms with Gasteiger partial charge in [-0.2, -0.15) is 5.10 Å². The minimum absolute atomic E-state index is 0.172. The second kappa shape index (κ2) is 7.69. The van der Waals surface area contributed by atoms with E-state index >= 15 is 0 Å². The molecule has 1 aromatic carbocycles. The van der Waals surface area contributed by atoms with E-state index < -0.39 is 5.97 Å². The Bertz CT molecular complexity index is 1420. The highest BCUT2D eigenvalue weighted by Crippen LogP contribution is 2.34. The zero-order chi connectivity index (χ0) is 22.6. The van der Waals surface area contributed by atoms with E-state index in [4.69, 9.17) is 16.6 Å². The molecule has 0 unspecified atom stereocenters. The Morgan fingerprint density at radius 2 is 2.00 bits per heavy atom. The molecule has 162 valence electrons. The SMILES string of the molecule is CC(C)n1ncc2cc(/C=C3\CN(C)Cc4c3nc3ccccc3c4C(=O)O)c(Cl)nc21. The van der Waals surface area contributed by atoms with E-state index in [9.17, 15) is 9.90 Å². The lowest BCUT2D eigenvalue weighted by atomic mass is 9.92. The summed E-state index contributed by atoms with van der Waals surface area (Å²) in [5.74, 6) is -0.947. The number of halogens is 1. The molecule has 5 rings (SSSR count). The van der Waals surface area contributed by atoms with Gasteiger partial charge in [-0.3, -0.25) is 4.90 Å². The molecular formula is C24H22ClN5O2. The molecule has 32 heavy (non-hydrogen) atoms. The first-order valence-electron chi connectivity index (χ1n) is 10.4.